The molecule has 0 aliphatic carbocycles. The molecule has 0 aromatic rings. The molecule has 0 aromatic carbocycles. The maximum atomic E-state index is 5.48. The predicted octanol–water partition coefficient (Wildman–Crippen LogP) is 4.12. The molecule has 10 heavy (non-hydrogen) atoms. The second-order valence-electron chi connectivity index (χ2n) is 1.79. The highest BCUT2D eigenvalue weighted by Gasteiger charge is 1.82. The van der Waals surface area contributed by atoms with Gasteiger partial charge in [-0.1, -0.05) is 44.5 Å². The van der Waals surface area contributed by atoms with Crippen LogP contribution in [0.15, 0.2) is 23.3 Å². The standard InChI is InChI=1S/C7H11Cl.C2H6/c1-4-6(2)5-7(3)8;1-2/h5H,3-4H2,1-2H3;1-2H3/b6-5+;. The maximum absolute atomic E-state index is 5.48. The van der Waals surface area contributed by atoms with E-state index in [4.69, 9.17) is 11.6 Å². The molecule has 0 aliphatic heterocycles. The average molecular weight is 161 g/mol. The Kier molecular flexibility index (Phi) is 10.9. The quantitative estimate of drug-likeness (QED) is 0.533. The zero-order valence-corrected chi connectivity index (χ0v) is 8.13. The molecule has 0 spiro atoms. The van der Waals surface area contributed by atoms with Crippen molar-refractivity contribution >= 4 is 11.6 Å². The molecule has 0 unspecified atom stereocenters. The van der Waals surface area contributed by atoms with Crippen LogP contribution in [-0.4, -0.2) is 0 Å². The Bertz CT molecular complexity index is 112. The summed E-state index contributed by atoms with van der Waals surface area (Å²) >= 11 is 5.48. The molecule has 0 radical (unpaired) electrons. The van der Waals surface area contributed by atoms with Crippen molar-refractivity contribution in [2.45, 2.75) is 34.1 Å². The van der Waals surface area contributed by atoms with Crippen LogP contribution in [-0.2, 0) is 0 Å². The van der Waals surface area contributed by atoms with Crippen molar-refractivity contribution in [1.82, 2.24) is 0 Å². The first-order chi connectivity index (χ1) is 4.66. The molecule has 60 valence electrons. The summed E-state index contributed by atoms with van der Waals surface area (Å²) in [6, 6.07) is 0. The summed E-state index contributed by atoms with van der Waals surface area (Å²) in [6.07, 6.45) is 2.92. The molecule has 0 saturated heterocycles. The molecule has 0 amide bonds. The van der Waals surface area contributed by atoms with Crippen LogP contribution in [0.25, 0.3) is 0 Å². The minimum atomic E-state index is 0.615. The minimum Gasteiger partial charge on any atom is -0.0850 e. The smallest absolute Gasteiger partial charge is 0.0333 e. The van der Waals surface area contributed by atoms with Crippen LogP contribution in [0, 0.1) is 0 Å². The molecule has 0 bridgehead atoms. The number of allylic oxidation sites excluding steroid dienone is 3. The van der Waals surface area contributed by atoms with Crippen molar-refractivity contribution in [2.24, 2.45) is 0 Å². The summed E-state index contributed by atoms with van der Waals surface area (Å²) < 4.78 is 0. The van der Waals surface area contributed by atoms with Crippen LogP contribution in [0.3, 0.4) is 0 Å². The van der Waals surface area contributed by atoms with E-state index in [1.165, 1.54) is 5.57 Å². The molecule has 0 saturated carbocycles. The first-order valence-corrected chi connectivity index (χ1v) is 4.06. The Balaban J connectivity index is 0. The van der Waals surface area contributed by atoms with E-state index >= 15 is 0 Å². The molecule has 0 aliphatic rings. The fraction of sp³-hybridized carbons (Fsp3) is 0.556. The van der Waals surface area contributed by atoms with E-state index in [1.807, 2.05) is 26.8 Å². The van der Waals surface area contributed by atoms with Crippen LogP contribution >= 0.6 is 11.6 Å². The Hall–Kier alpha value is -0.230. The van der Waals surface area contributed by atoms with Crippen LogP contribution in [0.5, 0.6) is 0 Å². The van der Waals surface area contributed by atoms with E-state index in [0.29, 0.717) is 5.03 Å². The third-order valence-electron chi connectivity index (χ3n) is 0.961. The first-order valence-electron chi connectivity index (χ1n) is 3.68. The van der Waals surface area contributed by atoms with Crippen LogP contribution in [0.4, 0.5) is 0 Å². The second-order valence-corrected chi connectivity index (χ2v) is 2.28. The lowest BCUT2D eigenvalue weighted by molar-refractivity contribution is 1.10. The lowest BCUT2D eigenvalue weighted by atomic mass is 10.2. The monoisotopic (exact) mass is 160 g/mol. The molecular formula is C9H17Cl. The molecule has 1 heteroatoms. The Morgan fingerprint density at radius 3 is 2.00 bits per heavy atom. The van der Waals surface area contributed by atoms with Gasteiger partial charge in [-0.05, 0) is 19.4 Å². The van der Waals surface area contributed by atoms with Crippen molar-refractivity contribution in [1.29, 1.82) is 0 Å². The normalized spacial score (nSPS) is 9.90. The van der Waals surface area contributed by atoms with Crippen LogP contribution in [0.1, 0.15) is 34.1 Å². The van der Waals surface area contributed by atoms with Gasteiger partial charge >= 0.3 is 0 Å². The third kappa shape index (κ3) is 10.7. The van der Waals surface area contributed by atoms with Gasteiger partial charge in [-0.3, -0.25) is 0 Å². The maximum Gasteiger partial charge on any atom is 0.0333 e. The Morgan fingerprint density at radius 1 is 1.50 bits per heavy atom. The Morgan fingerprint density at radius 2 is 1.90 bits per heavy atom. The summed E-state index contributed by atoms with van der Waals surface area (Å²) in [5, 5.41) is 0.615. The molecular weight excluding hydrogens is 144 g/mol. The van der Waals surface area contributed by atoms with E-state index in [2.05, 4.69) is 13.5 Å². The van der Waals surface area contributed by atoms with Crippen molar-refractivity contribution in [3.63, 3.8) is 0 Å². The molecule has 0 aromatic heterocycles. The number of hydrogen-bond donors (Lipinski definition) is 0. The molecule has 0 N–H and O–H groups in total. The summed E-state index contributed by atoms with van der Waals surface area (Å²) in [4.78, 5) is 0. The van der Waals surface area contributed by atoms with Gasteiger partial charge < -0.3 is 0 Å². The average Bonchev–Trinajstić information content (AvgIpc) is 1.91. The number of hydrogen-bond acceptors (Lipinski definition) is 0. The van der Waals surface area contributed by atoms with Gasteiger partial charge in [-0.2, -0.15) is 0 Å². The van der Waals surface area contributed by atoms with Crippen molar-refractivity contribution in [3.8, 4) is 0 Å². The zero-order chi connectivity index (χ0) is 8.57. The molecule has 0 atom stereocenters. The summed E-state index contributed by atoms with van der Waals surface area (Å²) in [5.74, 6) is 0. The van der Waals surface area contributed by atoms with Gasteiger partial charge in [0.2, 0.25) is 0 Å². The fourth-order valence-electron chi connectivity index (χ4n) is 0.369. The van der Waals surface area contributed by atoms with Gasteiger partial charge in [-0.15, -0.1) is 0 Å². The number of rotatable bonds is 2. The molecule has 0 fully saturated rings. The highest BCUT2D eigenvalue weighted by molar-refractivity contribution is 6.30. The van der Waals surface area contributed by atoms with Crippen LogP contribution in [0.2, 0.25) is 0 Å². The Labute approximate surface area is 69.6 Å². The minimum absolute atomic E-state index is 0.615. The van der Waals surface area contributed by atoms with E-state index in [0.717, 1.165) is 6.42 Å². The zero-order valence-electron chi connectivity index (χ0n) is 7.37. The van der Waals surface area contributed by atoms with Gasteiger partial charge in [0, 0.05) is 5.03 Å². The van der Waals surface area contributed by atoms with Crippen molar-refractivity contribution < 1.29 is 0 Å². The highest BCUT2D eigenvalue weighted by atomic mass is 35.5. The predicted molar refractivity (Wildman–Crippen MR) is 50.4 cm³/mol. The lowest BCUT2D eigenvalue weighted by Gasteiger charge is -1.90. The first kappa shape index (κ1) is 12.4. The largest absolute Gasteiger partial charge is 0.0850 e. The van der Waals surface area contributed by atoms with Gasteiger partial charge in [-0.25, -0.2) is 0 Å². The lowest BCUT2D eigenvalue weighted by Crippen LogP contribution is -1.68. The highest BCUT2D eigenvalue weighted by Crippen LogP contribution is 2.05. The molecule has 0 rings (SSSR count). The number of halogens is 1. The second kappa shape index (κ2) is 8.77. The molecule has 0 nitrogen and oxygen atoms in total. The van der Waals surface area contributed by atoms with Crippen molar-refractivity contribution in [2.75, 3.05) is 0 Å². The summed E-state index contributed by atoms with van der Waals surface area (Å²) in [5.41, 5.74) is 1.27. The summed E-state index contributed by atoms with van der Waals surface area (Å²) in [6.45, 7) is 11.7. The van der Waals surface area contributed by atoms with E-state index < -0.39 is 0 Å². The third-order valence-corrected chi connectivity index (χ3v) is 1.07. The summed E-state index contributed by atoms with van der Waals surface area (Å²) in [7, 11) is 0. The topological polar surface area (TPSA) is 0 Å². The fourth-order valence-corrected chi connectivity index (χ4v) is 0.556. The van der Waals surface area contributed by atoms with Gasteiger partial charge in [0.05, 0.1) is 0 Å². The van der Waals surface area contributed by atoms with Gasteiger partial charge in [0.1, 0.15) is 0 Å². The van der Waals surface area contributed by atoms with E-state index in [-0.39, 0.29) is 0 Å². The molecule has 0 heterocycles. The van der Waals surface area contributed by atoms with Crippen molar-refractivity contribution in [3.05, 3.63) is 23.3 Å². The SMILES string of the molecule is C=C(Cl)/C=C(\C)CC.CC. The van der Waals surface area contributed by atoms with Crippen LogP contribution < -0.4 is 0 Å². The van der Waals surface area contributed by atoms with Gasteiger partial charge in [0.25, 0.3) is 0 Å². The van der Waals surface area contributed by atoms with E-state index in [1.54, 1.807) is 0 Å². The van der Waals surface area contributed by atoms with Gasteiger partial charge in [0.15, 0.2) is 0 Å². The van der Waals surface area contributed by atoms with E-state index in [9.17, 15) is 0 Å².